The number of benzene rings is 1. The van der Waals surface area contributed by atoms with Crippen molar-refractivity contribution in [3.8, 4) is 5.75 Å². The van der Waals surface area contributed by atoms with Gasteiger partial charge in [0, 0.05) is 25.8 Å². The molecule has 2 aromatic rings. The Kier molecular flexibility index (Phi) is 3.99. The molecule has 0 spiro atoms. The Labute approximate surface area is 108 Å². The minimum Gasteiger partial charge on any atom is -0.497 e. The van der Waals surface area contributed by atoms with E-state index in [4.69, 9.17) is 4.74 Å². The quantitative estimate of drug-likeness (QED) is 0.878. The summed E-state index contributed by atoms with van der Waals surface area (Å²) in [6.45, 7) is 2.94. The van der Waals surface area contributed by atoms with Gasteiger partial charge in [0.2, 0.25) is 0 Å². The molecule has 1 heterocycles. The molecule has 0 saturated carbocycles. The van der Waals surface area contributed by atoms with Crippen LogP contribution in [-0.2, 0) is 13.6 Å². The summed E-state index contributed by atoms with van der Waals surface area (Å²) >= 11 is 0. The molecular formula is C14H19N3O. The Morgan fingerprint density at radius 2 is 2.22 bits per heavy atom. The zero-order valence-corrected chi connectivity index (χ0v) is 11.1. The second kappa shape index (κ2) is 5.69. The lowest BCUT2D eigenvalue weighted by atomic mass is 10.1. The number of rotatable bonds is 5. The van der Waals surface area contributed by atoms with Crippen molar-refractivity contribution in [1.29, 1.82) is 0 Å². The van der Waals surface area contributed by atoms with E-state index in [1.54, 1.807) is 7.11 Å². The minimum atomic E-state index is 0.273. The fraction of sp³-hybridized carbons (Fsp3) is 0.357. The van der Waals surface area contributed by atoms with Crippen LogP contribution in [0.3, 0.4) is 0 Å². The van der Waals surface area contributed by atoms with Crippen LogP contribution in [0.1, 0.15) is 24.2 Å². The first-order chi connectivity index (χ1) is 8.70. The first kappa shape index (κ1) is 12.6. The van der Waals surface area contributed by atoms with E-state index in [9.17, 15) is 0 Å². The second-order valence-corrected chi connectivity index (χ2v) is 4.33. The lowest BCUT2D eigenvalue weighted by Gasteiger charge is -2.15. The maximum atomic E-state index is 5.23. The van der Waals surface area contributed by atoms with Gasteiger partial charge in [-0.15, -0.1) is 0 Å². The van der Waals surface area contributed by atoms with Crippen LogP contribution in [0, 0.1) is 0 Å². The van der Waals surface area contributed by atoms with Crippen LogP contribution in [0.25, 0.3) is 0 Å². The Morgan fingerprint density at radius 3 is 2.89 bits per heavy atom. The summed E-state index contributed by atoms with van der Waals surface area (Å²) in [4.78, 5) is 0. The van der Waals surface area contributed by atoms with Gasteiger partial charge < -0.3 is 10.1 Å². The predicted molar refractivity (Wildman–Crippen MR) is 71.5 cm³/mol. The van der Waals surface area contributed by atoms with E-state index < -0.39 is 0 Å². The highest BCUT2D eigenvalue weighted by molar-refractivity contribution is 5.30. The van der Waals surface area contributed by atoms with Gasteiger partial charge in [-0.1, -0.05) is 12.1 Å². The van der Waals surface area contributed by atoms with Crippen molar-refractivity contribution in [3.05, 3.63) is 47.8 Å². The molecule has 1 N–H and O–H groups in total. The maximum absolute atomic E-state index is 5.23. The average Bonchev–Trinajstić information content (AvgIpc) is 2.81. The highest BCUT2D eigenvalue weighted by atomic mass is 16.5. The molecule has 0 radical (unpaired) electrons. The summed E-state index contributed by atoms with van der Waals surface area (Å²) in [7, 11) is 3.64. The van der Waals surface area contributed by atoms with Gasteiger partial charge in [0.1, 0.15) is 5.75 Å². The first-order valence-electron chi connectivity index (χ1n) is 6.05. The minimum absolute atomic E-state index is 0.273. The normalized spacial score (nSPS) is 12.4. The Morgan fingerprint density at radius 1 is 1.39 bits per heavy atom. The van der Waals surface area contributed by atoms with Gasteiger partial charge in [-0.25, -0.2) is 0 Å². The van der Waals surface area contributed by atoms with Crippen LogP contribution in [0.2, 0.25) is 0 Å². The number of hydrogen-bond donors (Lipinski definition) is 1. The molecule has 1 aromatic carbocycles. The van der Waals surface area contributed by atoms with Crippen LogP contribution in [-0.4, -0.2) is 16.9 Å². The fourth-order valence-electron chi connectivity index (χ4n) is 1.86. The average molecular weight is 245 g/mol. The number of ether oxygens (including phenoxy) is 1. The lowest BCUT2D eigenvalue weighted by Crippen LogP contribution is -2.19. The second-order valence-electron chi connectivity index (χ2n) is 4.33. The van der Waals surface area contributed by atoms with Gasteiger partial charge in [-0.3, -0.25) is 4.68 Å². The topological polar surface area (TPSA) is 39.1 Å². The molecule has 0 aliphatic rings. The highest BCUT2D eigenvalue weighted by Crippen LogP contribution is 2.18. The van der Waals surface area contributed by atoms with E-state index >= 15 is 0 Å². The summed E-state index contributed by atoms with van der Waals surface area (Å²) in [5.74, 6) is 0.890. The summed E-state index contributed by atoms with van der Waals surface area (Å²) < 4.78 is 7.11. The third kappa shape index (κ3) is 2.90. The van der Waals surface area contributed by atoms with Crippen molar-refractivity contribution in [3.63, 3.8) is 0 Å². The summed E-state index contributed by atoms with van der Waals surface area (Å²) in [5, 5.41) is 7.63. The van der Waals surface area contributed by atoms with Crippen LogP contribution in [0.4, 0.5) is 0 Å². The molecule has 18 heavy (non-hydrogen) atoms. The van der Waals surface area contributed by atoms with Crippen molar-refractivity contribution in [2.24, 2.45) is 7.05 Å². The van der Waals surface area contributed by atoms with Crippen LogP contribution < -0.4 is 10.1 Å². The smallest absolute Gasteiger partial charge is 0.119 e. The summed E-state index contributed by atoms with van der Waals surface area (Å²) in [6, 6.07) is 10.4. The Bertz CT molecular complexity index is 507. The molecule has 0 amide bonds. The van der Waals surface area contributed by atoms with E-state index in [0.717, 1.165) is 12.3 Å². The molecule has 1 aromatic heterocycles. The van der Waals surface area contributed by atoms with Crippen molar-refractivity contribution >= 4 is 0 Å². The van der Waals surface area contributed by atoms with Crippen LogP contribution in [0.5, 0.6) is 5.75 Å². The third-order valence-electron chi connectivity index (χ3n) is 3.11. The molecule has 0 fully saturated rings. The van der Waals surface area contributed by atoms with Crippen LogP contribution >= 0.6 is 0 Å². The van der Waals surface area contributed by atoms with Crippen molar-refractivity contribution in [2.75, 3.05) is 7.11 Å². The van der Waals surface area contributed by atoms with E-state index in [2.05, 4.69) is 29.5 Å². The number of aryl methyl sites for hydroxylation is 1. The van der Waals surface area contributed by atoms with Gasteiger partial charge in [-0.05, 0) is 30.7 Å². The third-order valence-corrected chi connectivity index (χ3v) is 3.11. The largest absolute Gasteiger partial charge is 0.497 e. The standard InChI is InChI=1S/C14H19N3O/c1-11(12-5-4-6-14(9-12)18-3)15-10-13-7-8-16-17(13)2/h4-9,11,15H,10H2,1-3H3. The molecule has 4 nitrogen and oxygen atoms in total. The van der Waals surface area contributed by atoms with Crippen LogP contribution in [0.15, 0.2) is 36.5 Å². The van der Waals surface area contributed by atoms with E-state index in [1.807, 2.05) is 36.1 Å². The molecular weight excluding hydrogens is 226 g/mol. The number of nitrogens with one attached hydrogen (secondary N) is 1. The monoisotopic (exact) mass is 245 g/mol. The molecule has 0 aliphatic heterocycles. The van der Waals surface area contributed by atoms with Gasteiger partial charge in [0.05, 0.1) is 12.8 Å². The van der Waals surface area contributed by atoms with Gasteiger partial charge in [0.25, 0.3) is 0 Å². The van der Waals surface area contributed by atoms with E-state index in [-0.39, 0.29) is 6.04 Å². The zero-order valence-electron chi connectivity index (χ0n) is 11.1. The molecule has 0 aliphatic carbocycles. The lowest BCUT2D eigenvalue weighted by molar-refractivity contribution is 0.413. The maximum Gasteiger partial charge on any atom is 0.119 e. The fourth-order valence-corrected chi connectivity index (χ4v) is 1.86. The molecule has 4 heteroatoms. The molecule has 1 atom stereocenters. The number of methoxy groups -OCH3 is 1. The van der Waals surface area contributed by atoms with E-state index in [0.29, 0.717) is 0 Å². The van der Waals surface area contributed by atoms with Gasteiger partial charge >= 0.3 is 0 Å². The molecule has 0 bridgehead atoms. The Balaban J connectivity index is 1.99. The SMILES string of the molecule is COc1cccc(C(C)NCc2ccnn2C)c1. The van der Waals surface area contributed by atoms with Crippen molar-refractivity contribution < 1.29 is 4.74 Å². The van der Waals surface area contributed by atoms with Gasteiger partial charge in [0.15, 0.2) is 0 Å². The number of nitrogens with zero attached hydrogens (tertiary/aromatic N) is 2. The van der Waals surface area contributed by atoms with E-state index in [1.165, 1.54) is 11.3 Å². The first-order valence-corrected chi connectivity index (χ1v) is 6.05. The van der Waals surface area contributed by atoms with Crippen molar-refractivity contribution in [2.45, 2.75) is 19.5 Å². The Hall–Kier alpha value is -1.81. The predicted octanol–water partition coefficient (Wildman–Crippen LogP) is 2.28. The molecule has 96 valence electrons. The molecule has 1 unspecified atom stereocenters. The summed E-state index contributed by atoms with van der Waals surface area (Å²) in [5.41, 5.74) is 2.39. The van der Waals surface area contributed by atoms with Crippen molar-refractivity contribution in [1.82, 2.24) is 15.1 Å². The molecule has 2 rings (SSSR count). The zero-order chi connectivity index (χ0) is 13.0. The molecule has 0 saturated heterocycles. The summed E-state index contributed by atoms with van der Waals surface area (Å²) in [6.07, 6.45) is 1.81. The number of aromatic nitrogens is 2. The highest BCUT2D eigenvalue weighted by Gasteiger charge is 2.07. The van der Waals surface area contributed by atoms with Gasteiger partial charge in [-0.2, -0.15) is 5.10 Å². The number of hydrogen-bond acceptors (Lipinski definition) is 3.